The fourth-order valence-electron chi connectivity index (χ4n) is 0.539. The SMILES string of the molecule is CCCS(=O)(=O)C(Cl)=C(Cl)C#N. The van der Waals surface area contributed by atoms with Crippen LogP contribution in [-0.2, 0) is 9.84 Å². The van der Waals surface area contributed by atoms with E-state index in [1.54, 1.807) is 6.92 Å². The molecule has 0 saturated heterocycles. The molecule has 0 N–H and O–H groups in total. The number of sulfone groups is 1. The van der Waals surface area contributed by atoms with Gasteiger partial charge in [0, 0.05) is 0 Å². The van der Waals surface area contributed by atoms with Crippen LogP contribution in [0.2, 0.25) is 0 Å². The molecule has 0 saturated carbocycles. The lowest BCUT2D eigenvalue weighted by Crippen LogP contribution is -2.05. The van der Waals surface area contributed by atoms with E-state index in [0.717, 1.165) is 0 Å². The first-order valence-corrected chi connectivity index (χ1v) is 5.54. The largest absolute Gasteiger partial charge is 0.223 e. The fraction of sp³-hybridized carbons (Fsp3) is 0.500. The summed E-state index contributed by atoms with van der Waals surface area (Å²) in [6.07, 6.45) is 0.439. The summed E-state index contributed by atoms with van der Waals surface area (Å²) in [5, 5.41) is 7.77. The average molecular weight is 228 g/mol. The van der Waals surface area contributed by atoms with Gasteiger partial charge in [-0.1, -0.05) is 30.1 Å². The smallest absolute Gasteiger partial charge is 0.191 e. The van der Waals surface area contributed by atoms with Crippen LogP contribution >= 0.6 is 23.2 Å². The van der Waals surface area contributed by atoms with Gasteiger partial charge in [0.05, 0.1) is 5.75 Å². The number of hydrogen-bond acceptors (Lipinski definition) is 3. The van der Waals surface area contributed by atoms with Crippen molar-refractivity contribution in [1.29, 1.82) is 5.26 Å². The third kappa shape index (κ3) is 3.02. The third-order valence-electron chi connectivity index (χ3n) is 1.02. The Morgan fingerprint density at radius 1 is 1.50 bits per heavy atom. The predicted molar refractivity (Wildman–Crippen MR) is 48.4 cm³/mol. The highest BCUT2D eigenvalue weighted by molar-refractivity contribution is 7.96. The summed E-state index contributed by atoms with van der Waals surface area (Å²) < 4.78 is 21.6. The van der Waals surface area contributed by atoms with E-state index in [4.69, 9.17) is 28.5 Å². The molecule has 68 valence electrons. The highest BCUT2D eigenvalue weighted by atomic mass is 35.5. The second-order valence-electron chi connectivity index (χ2n) is 2.02. The number of nitrogens with zero attached hydrogens (tertiary/aromatic N) is 1. The van der Waals surface area contributed by atoms with Crippen LogP contribution in [0.25, 0.3) is 0 Å². The highest BCUT2D eigenvalue weighted by Gasteiger charge is 2.18. The first-order chi connectivity index (χ1) is 5.45. The van der Waals surface area contributed by atoms with E-state index < -0.39 is 19.2 Å². The molecular formula is C6H7Cl2NO2S. The standard InChI is InChI=1S/C6H7Cl2NO2S/c1-2-3-12(10,11)6(8)5(7)4-9/h2-3H2,1H3. The number of allylic oxidation sites excluding steroid dienone is 1. The summed E-state index contributed by atoms with van der Waals surface area (Å²) in [5.74, 6) is -0.0935. The number of rotatable bonds is 3. The molecule has 0 rings (SSSR count). The number of halogens is 2. The first kappa shape index (κ1) is 11.8. The van der Waals surface area contributed by atoms with E-state index in [1.807, 2.05) is 0 Å². The second-order valence-corrected chi connectivity index (χ2v) is 5.04. The van der Waals surface area contributed by atoms with Crippen LogP contribution in [-0.4, -0.2) is 14.2 Å². The van der Waals surface area contributed by atoms with Crippen molar-refractivity contribution in [3.63, 3.8) is 0 Å². The van der Waals surface area contributed by atoms with Gasteiger partial charge in [0.2, 0.25) is 0 Å². The van der Waals surface area contributed by atoms with Gasteiger partial charge in [-0.3, -0.25) is 0 Å². The topological polar surface area (TPSA) is 57.9 Å². The van der Waals surface area contributed by atoms with E-state index in [0.29, 0.717) is 6.42 Å². The minimum absolute atomic E-state index is 0.0935. The summed E-state index contributed by atoms with van der Waals surface area (Å²) in [6, 6.07) is 1.46. The Morgan fingerprint density at radius 2 is 2.00 bits per heavy atom. The zero-order valence-corrected chi connectivity index (χ0v) is 8.67. The van der Waals surface area contributed by atoms with Crippen LogP contribution in [0.1, 0.15) is 13.3 Å². The summed E-state index contributed by atoms with van der Waals surface area (Å²) in [6.45, 7) is 1.70. The molecule has 6 heteroatoms. The van der Waals surface area contributed by atoms with Crippen LogP contribution in [0.4, 0.5) is 0 Å². The van der Waals surface area contributed by atoms with Gasteiger partial charge in [-0.05, 0) is 6.42 Å². The van der Waals surface area contributed by atoms with Crippen molar-refractivity contribution < 1.29 is 8.42 Å². The maximum absolute atomic E-state index is 11.1. The molecule has 0 aliphatic carbocycles. The maximum Gasteiger partial charge on any atom is 0.191 e. The molecule has 0 spiro atoms. The fourth-order valence-corrected chi connectivity index (χ4v) is 2.20. The van der Waals surface area contributed by atoms with Crippen molar-refractivity contribution in [2.75, 3.05) is 5.75 Å². The molecule has 0 radical (unpaired) electrons. The Balaban J connectivity index is 4.97. The van der Waals surface area contributed by atoms with Crippen molar-refractivity contribution in [3.8, 4) is 6.07 Å². The summed E-state index contributed by atoms with van der Waals surface area (Å²) in [5.41, 5.74) is 0. The van der Waals surface area contributed by atoms with E-state index >= 15 is 0 Å². The van der Waals surface area contributed by atoms with Gasteiger partial charge in [-0.15, -0.1) is 0 Å². The Kier molecular flexibility index (Phi) is 4.61. The zero-order valence-electron chi connectivity index (χ0n) is 6.34. The van der Waals surface area contributed by atoms with Gasteiger partial charge in [0.15, 0.2) is 14.2 Å². The van der Waals surface area contributed by atoms with E-state index in [2.05, 4.69) is 0 Å². The van der Waals surface area contributed by atoms with Crippen molar-refractivity contribution in [3.05, 3.63) is 9.40 Å². The van der Waals surface area contributed by atoms with Crippen molar-refractivity contribution >= 4 is 33.0 Å². The van der Waals surface area contributed by atoms with Gasteiger partial charge in [-0.25, -0.2) is 8.42 Å². The molecule has 0 aromatic carbocycles. The van der Waals surface area contributed by atoms with Gasteiger partial charge in [-0.2, -0.15) is 5.26 Å². The van der Waals surface area contributed by atoms with Crippen molar-refractivity contribution in [1.82, 2.24) is 0 Å². The molecule has 3 nitrogen and oxygen atoms in total. The first-order valence-electron chi connectivity index (χ1n) is 3.13. The molecule has 12 heavy (non-hydrogen) atoms. The normalized spacial score (nSPS) is 13.5. The minimum atomic E-state index is -3.53. The Labute approximate surface area is 81.5 Å². The lowest BCUT2D eigenvalue weighted by Gasteiger charge is -1.98. The van der Waals surface area contributed by atoms with Gasteiger partial charge in [0.1, 0.15) is 11.1 Å². The lowest BCUT2D eigenvalue weighted by atomic mass is 10.6. The third-order valence-corrected chi connectivity index (χ3v) is 4.09. The van der Waals surface area contributed by atoms with Crippen LogP contribution in [0, 0.1) is 11.3 Å². The summed E-state index contributed by atoms with van der Waals surface area (Å²) in [7, 11) is -3.53. The highest BCUT2D eigenvalue weighted by Crippen LogP contribution is 2.20. The summed E-state index contributed by atoms with van der Waals surface area (Å²) >= 11 is 10.6. The molecule has 0 unspecified atom stereocenters. The molecule has 0 amide bonds. The molecule has 0 bridgehead atoms. The van der Waals surface area contributed by atoms with E-state index in [1.165, 1.54) is 6.07 Å². The Morgan fingerprint density at radius 3 is 2.33 bits per heavy atom. The monoisotopic (exact) mass is 227 g/mol. The molecule has 0 aliphatic heterocycles. The molecule has 0 aromatic rings. The van der Waals surface area contributed by atoms with Gasteiger partial charge >= 0.3 is 0 Å². The Bertz CT molecular complexity index is 326. The van der Waals surface area contributed by atoms with Crippen LogP contribution < -0.4 is 0 Å². The van der Waals surface area contributed by atoms with E-state index in [9.17, 15) is 8.42 Å². The number of nitriles is 1. The molecule has 0 aliphatic rings. The second kappa shape index (κ2) is 4.70. The Hall–Kier alpha value is -0.240. The molecular weight excluding hydrogens is 221 g/mol. The minimum Gasteiger partial charge on any atom is -0.223 e. The summed E-state index contributed by atoms with van der Waals surface area (Å²) in [4.78, 5) is 0. The van der Waals surface area contributed by atoms with Crippen LogP contribution in [0.15, 0.2) is 9.40 Å². The molecule has 0 aromatic heterocycles. The lowest BCUT2D eigenvalue weighted by molar-refractivity contribution is 0.602. The quantitative estimate of drug-likeness (QED) is 0.694. The zero-order chi connectivity index (χ0) is 9.78. The predicted octanol–water partition coefficient (Wildman–Crippen LogP) is 1.98. The van der Waals surface area contributed by atoms with Gasteiger partial charge < -0.3 is 0 Å². The van der Waals surface area contributed by atoms with Crippen LogP contribution in [0.3, 0.4) is 0 Å². The molecule has 0 fully saturated rings. The van der Waals surface area contributed by atoms with Crippen molar-refractivity contribution in [2.24, 2.45) is 0 Å². The van der Waals surface area contributed by atoms with Gasteiger partial charge in [0.25, 0.3) is 0 Å². The van der Waals surface area contributed by atoms with Crippen molar-refractivity contribution in [2.45, 2.75) is 13.3 Å². The average Bonchev–Trinajstić information content (AvgIpc) is 2.01. The number of hydrogen-bond donors (Lipinski definition) is 0. The van der Waals surface area contributed by atoms with Crippen LogP contribution in [0.5, 0.6) is 0 Å². The maximum atomic E-state index is 11.1. The van der Waals surface area contributed by atoms with E-state index in [-0.39, 0.29) is 5.75 Å². The molecule has 0 heterocycles. The molecule has 0 atom stereocenters.